The lowest BCUT2D eigenvalue weighted by Gasteiger charge is -2.15. The van der Waals surface area contributed by atoms with Crippen molar-refractivity contribution < 1.29 is 9.18 Å². The van der Waals surface area contributed by atoms with Crippen LogP contribution in [0.5, 0.6) is 0 Å². The molecule has 8 nitrogen and oxygen atoms in total. The number of hydrogen-bond acceptors (Lipinski definition) is 6. The number of amides is 1. The molecule has 1 aliphatic carbocycles. The summed E-state index contributed by atoms with van der Waals surface area (Å²) in [5.74, 6) is -0.218. The second kappa shape index (κ2) is 12.2. The number of fused-ring (bicyclic) bond motifs is 1. The number of hydrogen-bond donors (Lipinski definition) is 3. The van der Waals surface area contributed by atoms with E-state index in [1.807, 2.05) is 13.0 Å². The second-order valence-corrected chi connectivity index (χ2v) is 9.45. The number of aliphatic imine (C=N–C) groups is 1. The molecule has 3 heterocycles. The summed E-state index contributed by atoms with van der Waals surface area (Å²) in [6.07, 6.45) is 17.7. The Kier molecular flexibility index (Phi) is 8.78. The van der Waals surface area contributed by atoms with E-state index in [4.69, 9.17) is 16.6 Å². The quantitative estimate of drug-likeness (QED) is 0.285. The number of aromatic nitrogens is 2. The molecule has 0 atom stereocenters. The first kappa shape index (κ1) is 26.6. The van der Waals surface area contributed by atoms with Gasteiger partial charge in [-0.25, -0.2) is 9.37 Å². The van der Waals surface area contributed by atoms with Crippen molar-refractivity contribution in [3.05, 3.63) is 82.6 Å². The van der Waals surface area contributed by atoms with Crippen LogP contribution in [0.1, 0.15) is 52.1 Å². The molecule has 2 aliphatic rings. The van der Waals surface area contributed by atoms with Crippen LogP contribution in [0.2, 0.25) is 5.02 Å². The van der Waals surface area contributed by atoms with Crippen LogP contribution < -0.4 is 16.3 Å². The molecule has 1 amide bonds. The maximum atomic E-state index is 14.4. The zero-order chi connectivity index (χ0) is 26.4. The number of allylic oxidation sites excluding steroid dienone is 5. The van der Waals surface area contributed by atoms with Crippen molar-refractivity contribution in [3.8, 4) is 0 Å². The average Bonchev–Trinajstić information content (AvgIpc) is 3.48. The van der Waals surface area contributed by atoms with E-state index in [1.165, 1.54) is 35.2 Å². The fraction of sp³-hybridized carbons (Fsp3) is 0.370. The number of nitrogens with zero attached hydrogens (tertiary/aromatic N) is 4. The summed E-state index contributed by atoms with van der Waals surface area (Å²) in [4.78, 5) is 21.8. The molecule has 0 radical (unpaired) electrons. The third-order valence-electron chi connectivity index (χ3n) is 6.26. The van der Waals surface area contributed by atoms with Gasteiger partial charge in [-0.15, -0.1) is 5.53 Å². The lowest BCUT2D eigenvalue weighted by Crippen LogP contribution is -2.39. The maximum Gasteiger partial charge on any atom is 0.270 e. The van der Waals surface area contributed by atoms with Gasteiger partial charge in [-0.1, -0.05) is 43.2 Å². The van der Waals surface area contributed by atoms with Gasteiger partial charge in [0.1, 0.15) is 11.2 Å². The summed E-state index contributed by atoms with van der Waals surface area (Å²) >= 11 is 5.90. The van der Waals surface area contributed by atoms with E-state index in [0.29, 0.717) is 23.9 Å². The van der Waals surface area contributed by atoms with Gasteiger partial charge in [0, 0.05) is 18.1 Å². The molecule has 3 N–H and O–H groups in total. The molecule has 2 aromatic heterocycles. The molecular formula is C27H33ClFN7O. The number of imidazole rings is 1. The summed E-state index contributed by atoms with van der Waals surface area (Å²) in [7, 11) is 0. The standard InChI is InChI=1S/C27H33ClFN7O/c1-4-7-21(11-10-18(5-2)19-8-9-19)32-20(6-3)15-36-16-24(33-34-36)27(37)30-14-23-26-25(29)22(28)12-13-35(26)17-31-23/h5-6,10-13,16-17,19,33-34H,4,7-9,14-15H2,1-3H3,(H,30,37)/b11-10-,18-5+,20-6-,32-21-. The number of carbonyl (C=O) groups is 1. The first-order valence-corrected chi connectivity index (χ1v) is 13.0. The number of halogens is 2. The van der Waals surface area contributed by atoms with Gasteiger partial charge in [-0.2, -0.15) is 0 Å². The zero-order valence-corrected chi connectivity index (χ0v) is 22.1. The SMILES string of the molecule is C\C=C(CN1C=C(C(=O)NCc2ncn3ccc(Cl)c(F)c23)NN1)/N=C(\C=C/C(=C\C)C1CC1)CCC. The maximum absolute atomic E-state index is 14.4. The third-order valence-corrected chi connectivity index (χ3v) is 6.55. The van der Waals surface area contributed by atoms with Crippen molar-refractivity contribution in [2.45, 2.75) is 53.0 Å². The molecule has 1 aliphatic heterocycles. The summed E-state index contributed by atoms with van der Waals surface area (Å²) in [6, 6.07) is 1.46. The van der Waals surface area contributed by atoms with Gasteiger partial charge in [0.25, 0.3) is 5.91 Å². The van der Waals surface area contributed by atoms with E-state index in [9.17, 15) is 9.18 Å². The van der Waals surface area contributed by atoms with Gasteiger partial charge >= 0.3 is 0 Å². The van der Waals surface area contributed by atoms with E-state index >= 15 is 0 Å². The molecule has 1 saturated carbocycles. The average molecular weight is 526 g/mol. The van der Waals surface area contributed by atoms with Crippen molar-refractivity contribution in [2.24, 2.45) is 10.9 Å². The largest absolute Gasteiger partial charge is 0.345 e. The molecule has 4 rings (SSSR count). The first-order valence-electron chi connectivity index (χ1n) is 12.6. The minimum atomic E-state index is -0.567. The lowest BCUT2D eigenvalue weighted by molar-refractivity contribution is -0.118. The first-order chi connectivity index (χ1) is 17.9. The molecule has 37 heavy (non-hydrogen) atoms. The molecule has 2 aromatic rings. The molecule has 0 saturated heterocycles. The number of pyridine rings is 1. The smallest absolute Gasteiger partial charge is 0.270 e. The second-order valence-electron chi connectivity index (χ2n) is 9.04. The predicted molar refractivity (Wildman–Crippen MR) is 145 cm³/mol. The Bertz CT molecular complexity index is 1300. The highest BCUT2D eigenvalue weighted by Crippen LogP contribution is 2.37. The number of rotatable bonds is 11. The fourth-order valence-electron chi connectivity index (χ4n) is 4.09. The Labute approximate surface area is 221 Å². The summed E-state index contributed by atoms with van der Waals surface area (Å²) in [5, 5.41) is 4.53. The fourth-order valence-corrected chi connectivity index (χ4v) is 4.23. The Morgan fingerprint density at radius 2 is 2.14 bits per heavy atom. The minimum Gasteiger partial charge on any atom is -0.345 e. The van der Waals surface area contributed by atoms with Crippen LogP contribution in [0, 0.1) is 11.7 Å². The molecule has 0 bridgehead atoms. The van der Waals surface area contributed by atoms with Crippen LogP contribution in [-0.4, -0.2) is 32.6 Å². The van der Waals surface area contributed by atoms with Gasteiger partial charge in [0.2, 0.25) is 0 Å². The lowest BCUT2D eigenvalue weighted by atomic mass is 10.1. The van der Waals surface area contributed by atoms with Gasteiger partial charge < -0.3 is 9.72 Å². The zero-order valence-electron chi connectivity index (χ0n) is 21.4. The Hall–Kier alpha value is -3.43. The highest BCUT2D eigenvalue weighted by molar-refractivity contribution is 6.31. The van der Waals surface area contributed by atoms with Gasteiger partial charge in [-0.05, 0) is 56.7 Å². The number of nitrogens with one attached hydrogen (secondary N) is 3. The van der Waals surface area contributed by atoms with Gasteiger partial charge in [0.15, 0.2) is 5.82 Å². The van der Waals surface area contributed by atoms with Crippen molar-refractivity contribution in [1.82, 2.24) is 30.7 Å². The van der Waals surface area contributed by atoms with Crippen LogP contribution in [-0.2, 0) is 11.3 Å². The normalized spacial score (nSPS) is 17.1. The predicted octanol–water partition coefficient (Wildman–Crippen LogP) is 4.97. The van der Waals surface area contributed by atoms with E-state index in [1.54, 1.807) is 17.4 Å². The van der Waals surface area contributed by atoms with Crippen LogP contribution in [0.25, 0.3) is 5.52 Å². The minimum absolute atomic E-state index is 0.00537. The number of hydrazine groups is 2. The number of carbonyl (C=O) groups excluding carboxylic acids is 1. The Balaban J connectivity index is 1.37. The molecule has 10 heteroatoms. The molecule has 1 fully saturated rings. The van der Waals surface area contributed by atoms with Crippen molar-refractivity contribution in [1.29, 1.82) is 0 Å². The summed E-state index contributed by atoms with van der Waals surface area (Å²) < 4.78 is 16.0. The van der Waals surface area contributed by atoms with Crippen LogP contribution in [0.3, 0.4) is 0 Å². The van der Waals surface area contributed by atoms with Crippen LogP contribution in [0.4, 0.5) is 4.39 Å². The van der Waals surface area contributed by atoms with Crippen LogP contribution in [0.15, 0.2) is 71.1 Å². The van der Waals surface area contributed by atoms with E-state index < -0.39 is 5.82 Å². The topological polar surface area (TPSA) is 86.1 Å². The Morgan fingerprint density at radius 1 is 1.32 bits per heavy atom. The third kappa shape index (κ3) is 6.67. The molecule has 196 valence electrons. The monoisotopic (exact) mass is 525 g/mol. The van der Waals surface area contributed by atoms with Crippen molar-refractivity contribution in [2.75, 3.05) is 6.54 Å². The van der Waals surface area contributed by atoms with E-state index in [2.05, 4.69) is 53.3 Å². The molecular weight excluding hydrogens is 493 g/mol. The summed E-state index contributed by atoms with van der Waals surface area (Å²) in [6.45, 7) is 6.71. The molecule has 0 spiro atoms. The van der Waals surface area contributed by atoms with Crippen molar-refractivity contribution >= 4 is 28.7 Å². The molecule has 0 unspecified atom stereocenters. The van der Waals surface area contributed by atoms with E-state index in [-0.39, 0.29) is 23.0 Å². The van der Waals surface area contributed by atoms with E-state index in [0.717, 1.165) is 24.3 Å². The highest BCUT2D eigenvalue weighted by Gasteiger charge is 2.23. The Morgan fingerprint density at radius 3 is 2.84 bits per heavy atom. The van der Waals surface area contributed by atoms with Crippen molar-refractivity contribution in [3.63, 3.8) is 0 Å². The van der Waals surface area contributed by atoms with Gasteiger partial charge in [-0.3, -0.25) is 20.2 Å². The van der Waals surface area contributed by atoms with Gasteiger partial charge in [0.05, 0.1) is 35.8 Å². The summed E-state index contributed by atoms with van der Waals surface area (Å²) in [5.41, 5.74) is 10.1. The van der Waals surface area contributed by atoms with Crippen LogP contribution >= 0.6 is 11.6 Å². The molecule has 0 aromatic carbocycles. The highest BCUT2D eigenvalue weighted by atomic mass is 35.5.